The van der Waals surface area contributed by atoms with E-state index in [0.717, 1.165) is 13.0 Å². The molecule has 2 aromatic rings. The maximum Gasteiger partial charge on any atom is 0.0414 e. The SMILES string of the molecule is CC(C)(C)NCC/C=C/c1cccc2ccsc12. The average molecular weight is 259 g/mol. The largest absolute Gasteiger partial charge is 0.312 e. The highest BCUT2D eigenvalue weighted by Crippen LogP contribution is 2.25. The lowest BCUT2D eigenvalue weighted by Crippen LogP contribution is -2.36. The Morgan fingerprint density at radius 2 is 2.06 bits per heavy atom. The van der Waals surface area contributed by atoms with E-state index in [9.17, 15) is 0 Å². The van der Waals surface area contributed by atoms with E-state index in [-0.39, 0.29) is 5.54 Å². The smallest absolute Gasteiger partial charge is 0.0414 e. The molecule has 0 saturated carbocycles. The average Bonchev–Trinajstić information content (AvgIpc) is 2.75. The predicted molar refractivity (Wildman–Crippen MR) is 83.2 cm³/mol. The van der Waals surface area contributed by atoms with E-state index >= 15 is 0 Å². The van der Waals surface area contributed by atoms with E-state index in [4.69, 9.17) is 0 Å². The molecule has 2 heteroatoms. The van der Waals surface area contributed by atoms with E-state index in [0.29, 0.717) is 0 Å². The lowest BCUT2D eigenvalue weighted by molar-refractivity contribution is 0.431. The number of benzene rings is 1. The molecular formula is C16H21NS. The van der Waals surface area contributed by atoms with Gasteiger partial charge in [-0.25, -0.2) is 0 Å². The highest BCUT2D eigenvalue weighted by molar-refractivity contribution is 7.17. The van der Waals surface area contributed by atoms with Crippen molar-refractivity contribution in [1.82, 2.24) is 5.32 Å². The van der Waals surface area contributed by atoms with Crippen LogP contribution in [-0.2, 0) is 0 Å². The quantitative estimate of drug-likeness (QED) is 0.785. The van der Waals surface area contributed by atoms with Crippen LogP contribution >= 0.6 is 11.3 Å². The predicted octanol–water partition coefficient (Wildman–Crippen LogP) is 4.69. The van der Waals surface area contributed by atoms with Gasteiger partial charge in [0.05, 0.1) is 0 Å². The fourth-order valence-corrected chi connectivity index (χ4v) is 2.78. The minimum absolute atomic E-state index is 0.210. The summed E-state index contributed by atoms with van der Waals surface area (Å²) in [5.74, 6) is 0. The van der Waals surface area contributed by atoms with Gasteiger partial charge < -0.3 is 5.32 Å². The van der Waals surface area contributed by atoms with Gasteiger partial charge in [-0.15, -0.1) is 11.3 Å². The molecule has 96 valence electrons. The molecule has 1 aromatic heterocycles. The van der Waals surface area contributed by atoms with Crippen molar-refractivity contribution in [1.29, 1.82) is 0 Å². The van der Waals surface area contributed by atoms with E-state index in [1.807, 2.05) is 11.3 Å². The number of hydrogen-bond donors (Lipinski definition) is 1. The van der Waals surface area contributed by atoms with Gasteiger partial charge >= 0.3 is 0 Å². The van der Waals surface area contributed by atoms with Crippen molar-refractivity contribution in [2.24, 2.45) is 0 Å². The van der Waals surface area contributed by atoms with Crippen LogP contribution in [0.5, 0.6) is 0 Å². The molecule has 0 radical (unpaired) electrons. The highest BCUT2D eigenvalue weighted by atomic mass is 32.1. The molecule has 2 rings (SSSR count). The molecule has 0 aliphatic rings. The van der Waals surface area contributed by atoms with Gasteiger partial charge in [0.1, 0.15) is 0 Å². The molecule has 0 bridgehead atoms. The summed E-state index contributed by atoms with van der Waals surface area (Å²) in [4.78, 5) is 0. The Labute approximate surface area is 114 Å². The van der Waals surface area contributed by atoms with Gasteiger partial charge in [-0.05, 0) is 56.1 Å². The minimum Gasteiger partial charge on any atom is -0.312 e. The Morgan fingerprint density at radius 3 is 2.83 bits per heavy atom. The third kappa shape index (κ3) is 3.69. The first-order chi connectivity index (χ1) is 8.56. The van der Waals surface area contributed by atoms with Gasteiger partial charge in [0.15, 0.2) is 0 Å². The molecule has 1 aromatic carbocycles. The molecule has 0 amide bonds. The molecule has 1 heterocycles. The van der Waals surface area contributed by atoms with Crippen molar-refractivity contribution < 1.29 is 0 Å². The molecule has 0 unspecified atom stereocenters. The van der Waals surface area contributed by atoms with Gasteiger partial charge in [-0.1, -0.05) is 30.4 Å². The fourth-order valence-electron chi connectivity index (χ4n) is 1.89. The van der Waals surface area contributed by atoms with Crippen LogP contribution < -0.4 is 5.32 Å². The van der Waals surface area contributed by atoms with E-state index in [2.05, 4.69) is 67.9 Å². The number of hydrogen-bond acceptors (Lipinski definition) is 2. The van der Waals surface area contributed by atoms with E-state index in [1.54, 1.807) is 0 Å². The number of fused-ring (bicyclic) bond motifs is 1. The van der Waals surface area contributed by atoms with Crippen LogP contribution in [0.15, 0.2) is 35.7 Å². The lowest BCUT2D eigenvalue weighted by atomic mass is 10.1. The molecule has 1 N–H and O–H groups in total. The number of rotatable bonds is 4. The summed E-state index contributed by atoms with van der Waals surface area (Å²) in [6.45, 7) is 7.62. The summed E-state index contributed by atoms with van der Waals surface area (Å²) in [6, 6.07) is 8.66. The molecule has 0 saturated heterocycles. The Morgan fingerprint density at radius 1 is 1.22 bits per heavy atom. The third-order valence-electron chi connectivity index (χ3n) is 2.77. The molecule has 0 atom stereocenters. The van der Waals surface area contributed by atoms with Crippen LogP contribution in [0, 0.1) is 0 Å². The van der Waals surface area contributed by atoms with Gasteiger partial charge in [0.25, 0.3) is 0 Å². The van der Waals surface area contributed by atoms with Gasteiger partial charge in [-0.3, -0.25) is 0 Å². The van der Waals surface area contributed by atoms with Crippen molar-refractivity contribution in [3.8, 4) is 0 Å². The Hall–Kier alpha value is -1.12. The molecule has 0 fully saturated rings. The maximum absolute atomic E-state index is 3.49. The number of thiophene rings is 1. The van der Waals surface area contributed by atoms with Gasteiger partial charge in [0.2, 0.25) is 0 Å². The van der Waals surface area contributed by atoms with Crippen molar-refractivity contribution in [2.45, 2.75) is 32.7 Å². The van der Waals surface area contributed by atoms with Crippen LogP contribution in [0.3, 0.4) is 0 Å². The van der Waals surface area contributed by atoms with Crippen LogP contribution in [0.25, 0.3) is 16.2 Å². The monoisotopic (exact) mass is 259 g/mol. The highest BCUT2D eigenvalue weighted by Gasteiger charge is 2.06. The second kappa shape index (κ2) is 5.68. The summed E-state index contributed by atoms with van der Waals surface area (Å²) in [7, 11) is 0. The van der Waals surface area contributed by atoms with Crippen molar-refractivity contribution in [2.75, 3.05) is 6.54 Å². The molecular weight excluding hydrogens is 238 g/mol. The zero-order chi connectivity index (χ0) is 13.0. The Balaban J connectivity index is 1.95. The standard InChI is InChI=1S/C16H21NS/c1-16(2,3)17-11-5-4-7-13-8-6-9-14-10-12-18-15(13)14/h4,6-10,12,17H,5,11H2,1-3H3/b7-4+. The van der Waals surface area contributed by atoms with Crippen molar-refractivity contribution in [3.05, 3.63) is 41.3 Å². The fraction of sp³-hybridized carbons (Fsp3) is 0.375. The maximum atomic E-state index is 3.49. The molecule has 18 heavy (non-hydrogen) atoms. The molecule has 0 aliphatic heterocycles. The number of nitrogens with one attached hydrogen (secondary N) is 1. The first-order valence-electron chi connectivity index (χ1n) is 6.44. The van der Waals surface area contributed by atoms with Crippen molar-refractivity contribution >= 4 is 27.5 Å². The second-order valence-corrected chi connectivity index (χ2v) is 6.47. The topological polar surface area (TPSA) is 12.0 Å². The Bertz CT molecular complexity index is 531. The summed E-state index contributed by atoms with van der Waals surface area (Å²) in [6.07, 6.45) is 5.56. The first-order valence-corrected chi connectivity index (χ1v) is 7.32. The third-order valence-corrected chi connectivity index (χ3v) is 3.75. The van der Waals surface area contributed by atoms with Crippen LogP contribution in [-0.4, -0.2) is 12.1 Å². The van der Waals surface area contributed by atoms with Gasteiger partial charge in [0, 0.05) is 10.2 Å². The van der Waals surface area contributed by atoms with Crippen LogP contribution in [0.1, 0.15) is 32.8 Å². The summed E-state index contributed by atoms with van der Waals surface area (Å²) < 4.78 is 1.39. The van der Waals surface area contributed by atoms with E-state index < -0.39 is 0 Å². The lowest BCUT2D eigenvalue weighted by Gasteiger charge is -2.19. The van der Waals surface area contributed by atoms with Crippen LogP contribution in [0.2, 0.25) is 0 Å². The summed E-state index contributed by atoms with van der Waals surface area (Å²) in [5, 5.41) is 6.99. The zero-order valence-electron chi connectivity index (χ0n) is 11.4. The first kappa shape index (κ1) is 13.3. The molecule has 1 nitrogen and oxygen atoms in total. The Kier molecular flexibility index (Phi) is 4.20. The van der Waals surface area contributed by atoms with Gasteiger partial charge in [-0.2, -0.15) is 0 Å². The molecule has 0 spiro atoms. The van der Waals surface area contributed by atoms with Crippen LogP contribution in [0.4, 0.5) is 0 Å². The summed E-state index contributed by atoms with van der Waals surface area (Å²) in [5.41, 5.74) is 1.54. The zero-order valence-corrected chi connectivity index (χ0v) is 12.2. The second-order valence-electron chi connectivity index (χ2n) is 5.55. The normalized spacial score (nSPS) is 12.6. The van der Waals surface area contributed by atoms with Crippen molar-refractivity contribution in [3.63, 3.8) is 0 Å². The molecule has 0 aliphatic carbocycles. The summed E-state index contributed by atoms with van der Waals surface area (Å²) >= 11 is 1.82. The minimum atomic E-state index is 0.210. The van der Waals surface area contributed by atoms with E-state index in [1.165, 1.54) is 15.6 Å².